The van der Waals surface area contributed by atoms with Crippen molar-refractivity contribution in [3.63, 3.8) is 0 Å². The number of rotatable bonds is 0. The number of hydrogen-bond donors (Lipinski definition) is 0. The molecule has 10 heavy (non-hydrogen) atoms. The van der Waals surface area contributed by atoms with E-state index in [2.05, 4.69) is 48.6 Å². The topological polar surface area (TPSA) is 0 Å². The first-order valence-corrected chi connectivity index (χ1v) is 3.63. The van der Waals surface area contributed by atoms with E-state index < -0.39 is 0 Å². The molecule has 0 bridgehead atoms. The van der Waals surface area contributed by atoms with E-state index in [0.717, 1.165) is 12.8 Å². The summed E-state index contributed by atoms with van der Waals surface area (Å²) >= 11 is 0. The molecule has 0 unspecified atom stereocenters. The largest absolute Gasteiger partial charge is 0.0844 e. The van der Waals surface area contributed by atoms with Crippen molar-refractivity contribution in [3.05, 3.63) is 48.6 Å². The van der Waals surface area contributed by atoms with Crippen LogP contribution < -0.4 is 0 Å². The molecule has 1 rings (SSSR count). The maximum Gasteiger partial charge on any atom is -0.0166 e. The molecule has 0 heteroatoms. The van der Waals surface area contributed by atoms with Crippen LogP contribution in [0, 0.1) is 0 Å². The maximum atomic E-state index is 2.18. The molecule has 0 aromatic carbocycles. The summed E-state index contributed by atoms with van der Waals surface area (Å²) in [4.78, 5) is 0. The van der Waals surface area contributed by atoms with E-state index in [4.69, 9.17) is 0 Å². The fourth-order valence-electron chi connectivity index (χ4n) is 0.792. The van der Waals surface area contributed by atoms with E-state index in [1.807, 2.05) is 0 Å². The van der Waals surface area contributed by atoms with Gasteiger partial charge in [0.2, 0.25) is 0 Å². The van der Waals surface area contributed by atoms with Crippen LogP contribution in [0.15, 0.2) is 48.6 Å². The van der Waals surface area contributed by atoms with Gasteiger partial charge in [0.1, 0.15) is 0 Å². The van der Waals surface area contributed by atoms with E-state index in [-0.39, 0.29) is 0 Å². The molecule has 0 nitrogen and oxygen atoms in total. The van der Waals surface area contributed by atoms with Crippen molar-refractivity contribution in [1.82, 2.24) is 0 Å². The zero-order valence-electron chi connectivity index (χ0n) is 6.03. The average molecular weight is 132 g/mol. The SMILES string of the molecule is C1=CC/C=C/C=C\C=C\C1. The first-order valence-electron chi connectivity index (χ1n) is 3.63. The van der Waals surface area contributed by atoms with Crippen LogP contribution in [-0.2, 0) is 0 Å². The lowest BCUT2D eigenvalue weighted by atomic mass is 10.2. The summed E-state index contributed by atoms with van der Waals surface area (Å²) in [5.74, 6) is 0. The summed E-state index contributed by atoms with van der Waals surface area (Å²) in [6.45, 7) is 0. The molecule has 0 fully saturated rings. The molecular formula is C10H12. The van der Waals surface area contributed by atoms with Gasteiger partial charge in [-0.3, -0.25) is 0 Å². The van der Waals surface area contributed by atoms with Crippen LogP contribution in [0.3, 0.4) is 0 Å². The lowest BCUT2D eigenvalue weighted by Gasteiger charge is -1.84. The molecule has 0 radical (unpaired) electrons. The summed E-state index contributed by atoms with van der Waals surface area (Å²) in [6, 6.07) is 0. The summed E-state index contributed by atoms with van der Waals surface area (Å²) in [7, 11) is 0. The molecule has 1 aliphatic rings. The molecule has 1 aliphatic carbocycles. The smallest absolute Gasteiger partial charge is 0.0166 e. The van der Waals surface area contributed by atoms with Crippen molar-refractivity contribution in [2.45, 2.75) is 12.8 Å². The fraction of sp³-hybridized carbons (Fsp3) is 0.200. The molecule has 0 aromatic heterocycles. The van der Waals surface area contributed by atoms with Crippen molar-refractivity contribution in [1.29, 1.82) is 0 Å². The Labute approximate surface area is 62.3 Å². The first kappa shape index (κ1) is 7.07. The second kappa shape index (κ2) is 4.80. The Morgan fingerprint density at radius 3 is 1.50 bits per heavy atom. The summed E-state index contributed by atoms with van der Waals surface area (Å²) < 4.78 is 0. The van der Waals surface area contributed by atoms with Gasteiger partial charge in [-0.2, -0.15) is 0 Å². The minimum Gasteiger partial charge on any atom is -0.0844 e. The van der Waals surface area contributed by atoms with Crippen molar-refractivity contribution in [2.24, 2.45) is 0 Å². The van der Waals surface area contributed by atoms with Gasteiger partial charge in [-0.25, -0.2) is 0 Å². The Balaban J connectivity index is 2.51. The second-order valence-electron chi connectivity index (χ2n) is 2.18. The Morgan fingerprint density at radius 1 is 0.500 bits per heavy atom. The minimum atomic E-state index is 1.05. The summed E-state index contributed by atoms with van der Waals surface area (Å²) in [5.41, 5.74) is 0. The lowest BCUT2D eigenvalue weighted by Crippen LogP contribution is -1.62. The second-order valence-corrected chi connectivity index (χ2v) is 2.18. The van der Waals surface area contributed by atoms with Gasteiger partial charge in [-0.1, -0.05) is 48.6 Å². The first-order chi connectivity index (χ1) is 5.00. The van der Waals surface area contributed by atoms with Gasteiger partial charge < -0.3 is 0 Å². The standard InChI is InChI=1S/C10H12/c1-2-4-6-8-10-9-7-5-3-1/h1-6,9-10H,7-8H2/b2-1-,5-3+,6-4+,10-9?. The molecule has 0 N–H and O–H groups in total. The highest BCUT2D eigenvalue weighted by Crippen LogP contribution is 1.94. The van der Waals surface area contributed by atoms with Crippen molar-refractivity contribution < 1.29 is 0 Å². The average Bonchev–Trinajstić information content (AvgIpc) is 2.01. The van der Waals surface area contributed by atoms with Gasteiger partial charge in [0.05, 0.1) is 0 Å². The predicted molar refractivity (Wildman–Crippen MR) is 45.8 cm³/mol. The van der Waals surface area contributed by atoms with Crippen LogP contribution in [0.25, 0.3) is 0 Å². The van der Waals surface area contributed by atoms with E-state index in [1.165, 1.54) is 0 Å². The van der Waals surface area contributed by atoms with Crippen LogP contribution in [0.5, 0.6) is 0 Å². The quantitative estimate of drug-likeness (QED) is 0.444. The molecule has 0 saturated heterocycles. The van der Waals surface area contributed by atoms with Gasteiger partial charge in [-0.15, -0.1) is 0 Å². The molecule has 0 spiro atoms. The summed E-state index contributed by atoms with van der Waals surface area (Å²) in [6.07, 6.45) is 19.0. The Morgan fingerprint density at radius 2 is 1.00 bits per heavy atom. The van der Waals surface area contributed by atoms with E-state index in [1.54, 1.807) is 0 Å². The van der Waals surface area contributed by atoms with Gasteiger partial charge in [-0.05, 0) is 12.8 Å². The fourth-order valence-corrected chi connectivity index (χ4v) is 0.792. The normalized spacial score (nSPS) is 27.2. The van der Waals surface area contributed by atoms with Gasteiger partial charge in [0.15, 0.2) is 0 Å². The monoisotopic (exact) mass is 132 g/mol. The van der Waals surface area contributed by atoms with Gasteiger partial charge >= 0.3 is 0 Å². The number of hydrogen-bond acceptors (Lipinski definition) is 0. The predicted octanol–water partition coefficient (Wildman–Crippen LogP) is 3.01. The summed E-state index contributed by atoms with van der Waals surface area (Å²) in [5, 5.41) is 0. The molecule has 0 saturated carbocycles. The van der Waals surface area contributed by atoms with Crippen LogP contribution in [-0.4, -0.2) is 0 Å². The molecular weight excluding hydrogens is 120 g/mol. The third-order valence-corrected chi connectivity index (χ3v) is 1.32. The van der Waals surface area contributed by atoms with Crippen LogP contribution in [0.1, 0.15) is 12.8 Å². The Hall–Kier alpha value is -1.04. The van der Waals surface area contributed by atoms with Gasteiger partial charge in [0.25, 0.3) is 0 Å². The molecule has 0 atom stereocenters. The Bertz CT molecular complexity index is 160. The van der Waals surface area contributed by atoms with Gasteiger partial charge in [0, 0.05) is 0 Å². The Kier molecular flexibility index (Phi) is 3.40. The highest BCUT2D eigenvalue weighted by atomic mass is 13.8. The van der Waals surface area contributed by atoms with Crippen molar-refractivity contribution >= 4 is 0 Å². The van der Waals surface area contributed by atoms with Crippen LogP contribution in [0.4, 0.5) is 0 Å². The van der Waals surface area contributed by atoms with Crippen molar-refractivity contribution in [2.75, 3.05) is 0 Å². The minimum absolute atomic E-state index is 1.05. The third-order valence-electron chi connectivity index (χ3n) is 1.32. The molecule has 0 aromatic rings. The maximum absolute atomic E-state index is 2.18. The van der Waals surface area contributed by atoms with Crippen molar-refractivity contribution in [3.8, 4) is 0 Å². The highest BCUT2D eigenvalue weighted by Gasteiger charge is 1.73. The third kappa shape index (κ3) is 3.08. The lowest BCUT2D eigenvalue weighted by molar-refractivity contribution is 1.31. The van der Waals surface area contributed by atoms with E-state index >= 15 is 0 Å². The van der Waals surface area contributed by atoms with E-state index in [9.17, 15) is 0 Å². The molecule has 0 amide bonds. The van der Waals surface area contributed by atoms with Crippen LogP contribution in [0.2, 0.25) is 0 Å². The molecule has 0 heterocycles. The van der Waals surface area contributed by atoms with E-state index in [0.29, 0.717) is 0 Å². The highest BCUT2D eigenvalue weighted by molar-refractivity contribution is 5.14. The zero-order chi connectivity index (χ0) is 7.07. The zero-order valence-corrected chi connectivity index (χ0v) is 6.03. The molecule has 52 valence electrons. The molecule has 0 aliphatic heterocycles. The van der Waals surface area contributed by atoms with Crippen LogP contribution >= 0.6 is 0 Å². The number of allylic oxidation sites excluding steroid dienone is 8.